The van der Waals surface area contributed by atoms with Gasteiger partial charge in [-0.05, 0) is 63.2 Å². The highest BCUT2D eigenvalue weighted by Gasteiger charge is 2.20. The van der Waals surface area contributed by atoms with Gasteiger partial charge in [0.1, 0.15) is 0 Å². The zero-order valence-electron chi connectivity index (χ0n) is 16.6. The molecule has 0 atom stereocenters. The monoisotopic (exact) mass is 470 g/mol. The summed E-state index contributed by atoms with van der Waals surface area (Å²) < 4.78 is 8.07. The van der Waals surface area contributed by atoms with Crippen LogP contribution in [0, 0.1) is 30.9 Å². The quantitative estimate of drug-likeness (QED) is 0.216. The van der Waals surface area contributed by atoms with E-state index in [1.54, 1.807) is 6.07 Å². The molecule has 8 heteroatoms. The second-order valence-electron chi connectivity index (χ2n) is 6.85. The number of Topliss-reactive ketones (excluding diaryl/α,β-unsaturated/α-hetero) is 1. The van der Waals surface area contributed by atoms with Crippen LogP contribution >= 0.6 is 15.9 Å². The fraction of sp³-hybridized carbons (Fsp3) is 0.182. The number of aryl methyl sites for hydroxylation is 2. The SMILES string of the molecule is Cc1cc(C(=O)OCC(=O)c2cc(C)n(-c3ccc(Br)cc3)c2C)ccc1[N+](=O)[O-]. The molecule has 2 aromatic carbocycles. The van der Waals surface area contributed by atoms with Crippen LogP contribution in [0.15, 0.2) is 53.0 Å². The van der Waals surface area contributed by atoms with Gasteiger partial charge in [0.25, 0.3) is 5.69 Å². The summed E-state index contributed by atoms with van der Waals surface area (Å²) in [6.45, 7) is 4.86. The maximum Gasteiger partial charge on any atom is 0.338 e. The maximum atomic E-state index is 12.7. The fourth-order valence-corrected chi connectivity index (χ4v) is 3.58. The Labute approximate surface area is 181 Å². The van der Waals surface area contributed by atoms with Gasteiger partial charge in [-0.1, -0.05) is 15.9 Å². The lowest BCUT2D eigenvalue weighted by atomic mass is 10.1. The van der Waals surface area contributed by atoms with Gasteiger partial charge in [0.15, 0.2) is 6.61 Å². The first kappa shape index (κ1) is 21.4. The molecule has 0 radical (unpaired) electrons. The molecule has 0 saturated carbocycles. The zero-order valence-corrected chi connectivity index (χ0v) is 18.2. The van der Waals surface area contributed by atoms with Gasteiger partial charge in [-0.3, -0.25) is 14.9 Å². The summed E-state index contributed by atoms with van der Waals surface area (Å²) in [4.78, 5) is 35.3. The molecule has 0 spiro atoms. The van der Waals surface area contributed by atoms with Gasteiger partial charge < -0.3 is 9.30 Å². The lowest BCUT2D eigenvalue weighted by Crippen LogP contribution is -2.15. The number of esters is 1. The van der Waals surface area contributed by atoms with Crippen LogP contribution in [-0.2, 0) is 4.74 Å². The van der Waals surface area contributed by atoms with E-state index < -0.39 is 17.5 Å². The van der Waals surface area contributed by atoms with Crippen LogP contribution in [0.25, 0.3) is 5.69 Å². The number of aromatic nitrogens is 1. The largest absolute Gasteiger partial charge is 0.454 e. The molecule has 0 aliphatic rings. The molecule has 0 fully saturated rings. The van der Waals surface area contributed by atoms with Crippen LogP contribution in [0.3, 0.4) is 0 Å². The number of benzene rings is 2. The number of nitro benzene ring substituents is 1. The van der Waals surface area contributed by atoms with Crippen LogP contribution in [0.1, 0.15) is 37.7 Å². The highest BCUT2D eigenvalue weighted by atomic mass is 79.9. The molecule has 7 nitrogen and oxygen atoms in total. The molecule has 1 heterocycles. The Balaban J connectivity index is 1.75. The van der Waals surface area contributed by atoms with Crippen LogP contribution < -0.4 is 0 Å². The van der Waals surface area contributed by atoms with Crippen molar-refractivity contribution < 1.29 is 19.2 Å². The molecule has 0 N–H and O–H groups in total. The van der Waals surface area contributed by atoms with E-state index in [-0.39, 0.29) is 17.0 Å². The molecule has 0 aliphatic carbocycles. The molecule has 0 aliphatic heterocycles. The number of nitrogens with zero attached hydrogens (tertiary/aromatic N) is 2. The number of nitro groups is 1. The Hall–Kier alpha value is -3.26. The number of hydrogen-bond donors (Lipinski definition) is 0. The van der Waals surface area contributed by atoms with E-state index in [4.69, 9.17) is 4.74 Å². The van der Waals surface area contributed by atoms with Gasteiger partial charge in [0.05, 0.1) is 10.5 Å². The second kappa shape index (κ2) is 8.62. The van der Waals surface area contributed by atoms with Crippen LogP contribution in [-0.4, -0.2) is 27.8 Å². The number of carbonyl (C=O) groups is 2. The van der Waals surface area contributed by atoms with Crippen molar-refractivity contribution in [3.05, 3.63) is 91.2 Å². The Morgan fingerprint density at radius 3 is 2.33 bits per heavy atom. The van der Waals surface area contributed by atoms with E-state index in [0.717, 1.165) is 21.5 Å². The highest BCUT2D eigenvalue weighted by Crippen LogP contribution is 2.23. The summed E-state index contributed by atoms with van der Waals surface area (Å²) in [5.41, 5.74) is 3.46. The first-order chi connectivity index (χ1) is 14.2. The maximum absolute atomic E-state index is 12.7. The number of ether oxygens (including phenoxy) is 1. The van der Waals surface area contributed by atoms with Crippen LogP contribution in [0.4, 0.5) is 5.69 Å². The summed E-state index contributed by atoms with van der Waals surface area (Å²) in [5.74, 6) is -1.03. The average Bonchev–Trinajstić information content (AvgIpc) is 3.00. The fourth-order valence-electron chi connectivity index (χ4n) is 3.31. The first-order valence-electron chi connectivity index (χ1n) is 9.09. The average molecular weight is 471 g/mol. The Bertz CT molecular complexity index is 1150. The minimum atomic E-state index is -0.705. The van der Waals surface area contributed by atoms with Crippen molar-refractivity contribution in [1.82, 2.24) is 4.57 Å². The molecule has 0 unspecified atom stereocenters. The minimum absolute atomic E-state index is 0.0805. The molecule has 1 aromatic heterocycles. The van der Waals surface area contributed by atoms with E-state index in [0.29, 0.717) is 11.1 Å². The van der Waals surface area contributed by atoms with E-state index in [9.17, 15) is 19.7 Å². The van der Waals surface area contributed by atoms with E-state index in [1.807, 2.05) is 42.7 Å². The molecule has 0 amide bonds. The Morgan fingerprint density at radius 1 is 1.07 bits per heavy atom. The van der Waals surface area contributed by atoms with E-state index in [2.05, 4.69) is 15.9 Å². The molecule has 3 aromatic rings. The molecular weight excluding hydrogens is 452 g/mol. The van der Waals surface area contributed by atoms with E-state index >= 15 is 0 Å². The van der Waals surface area contributed by atoms with Crippen molar-refractivity contribution in [1.29, 1.82) is 0 Å². The smallest absolute Gasteiger partial charge is 0.338 e. The molecule has 3 rings (SSSR count). The predicted molar refractivity (Wildman–Crippen MR) is 115 cm³/mol. The third-order valence-electron chi connectivity index (χ3n) is 4.78. The van der Waals surface area contributed by atoms with Crippen molar-refractivity contribution in [2.45, 2.75) is 20.8 Å². The van der Waals surface area contributed by atoms with Gasteiger partial charge in [0, 0.05) is 38.7 Å². The minimum Gasteiger partial charge on any atom is -0.454 e. The van der Waals surface area contributed by atoms with E-state index in [1.165, 1.54) is 25.1 Å². The van der Waals surface area contributed by atoms with Crippen molar-refractivity contribution in [2.75, 3.05) is 6.61 Å². The van der Waals surface area contributed by atoms with Gasteiger partial charge >= 0.3 is 5.97 Å². The number of rotatable bonds is 6. The lowest BCUT2D eigenvalue weighted by molar-refractivity contribution is -0.385. The van der Waals surface area contributed by atoms with Crippen LogP contribution in [0.2, 0.25) is 0 Å². The summed E-state index contributed by atoms with van der Waals surface area (Å²) >= 11 is 3.41. The van der Waals surface area contributed by atoms with Gasteiger partial charge in [-0.2, -0.15) is 0 Å². The summed E-state index contributed by atoms with van der Waals surface area (Å²) in [6, 6.07) is 13.4. The van der Waals surface area contributed by atoms with Crippen molar-refractivity contribution in [3.63, 3.8) is 0 Å². The third-order valence-corrected chi connectivity index (χ3v) is 5.31. The lowest BCUT2D eigenvalue weighted by Gasteiger charge is -2.10. The number of halogens is 1. The summed E-state index contributed by atoms with van der Waals surface area (Å²) in [6.07, 6.45) is 0. The molecule has 0 saturated heterocycles. The van der Waals surface area contributed by atoms with Crippen molar-refractivity contribution in [3.8, 4) is 5.69 Å². The summed E-state index contributed by atoms with van der Waals surface area (Å²) in [7, 11) is 0. The molecule has 0 bridgehead atoms. The zero-order chi connectivity index (χ0) is 22.0. The summed E-state index contributed by atoms with van der Waals surface area (Å²) in [5, 5.41) is 10.9. The molecule has 30 heavy (non-hydrogen) atoms. The number of carbonyl (C=O) groups excluding carboxylic acids is 2. The Morgan fingerprint density at radius 2 is 1.73 bits per heavy atom. The number of ketones is 1. The molecular formula is C22H19BrN2O5. The van der Waals surface area contributed by atoms with Gasteiger partial charge in [-0.15, -0.1) is 0 Å². The van der Waals surface area contributed by atoms with Crippen LogP contribution in [0.5, 0.6) is 0 Å². The van der Waals surface area contributed by atoms with Crippen molar-refractivity contribution >= 4 is 33.4 Å². The topological polar surface area (TPSA) is 91.4 Å². The predicted octanol–water partition coefficient (Wildman–Crippen LogP) is 5.11. The van der Waals surface area contributed by atoms with Gasteiger partial charge in [-0.25, -0.2) is 4.79 Å². The third kappa shape index (κ3) is 4.33. The van der Waals surface area contributed by atoms with Gasteiger partial charge in [0.2, 0.25) is 5.78 Å². The normalized spacial score (nSPS) is 10.7. The first-order valence-corrected chi connectivity index (χ1v) is 9.88. The van der Waals surface area contributed by atoms with Crippen molar-refractivity contribution in [2.24, 2.45) is 0 Å². The standard InChI is InChI=1S/C22H19BrN2O5/c1-13-10-16(4-9-20(13)25(28)29)22(27)30-12-21(26)19-11-14(2)24(15(19)3)18-7-5-17(23)6-8-18/h4-11H,12H2,1-3H3. The number of hydrogen-bond acceptors (Lipinski definition) is 5. The highest BCUT2D eigenvalue weighted by molar-refractivity contribution is 9.10. The Kier molecular flexibility index (Phi) is 6.17. The molecule has 154 valence electrons. The second-order valence-corrected chi connectivity index (χ2v) is 7.77.